The molecule has 0 unspecified atom stereocenters. The number of hydrogen-bond acceptors (Lipinski definition) is 4. The zero-order chi connectivity index (χ0) is 25.4. The lowest BCUT2D eigenvalue weighted by molar-refractivity contribution is 0.127. The number of imidazole rings is 1. The molecule has 0 aliphatic carbocycles. The van der Waals surface area contributed by atoms with E-state index in [2.05, 4.69) is 40.3 Å². The number of hydrogen-bond donors (Lipinski definition) is 1. The van der Waals surface area contributed by atoms with Gasteiger partial charge in [0.2, 0.25) is 0 Å². The predicted molar refractivity (Wildman–Crippen MR) is 142 cm³/mol. The average molecular weight is 492 g/mol. The first kappa shape index (κ1) is 23.1. The van der Waals surface area contributed by atoms with Gasteiger partial charge in [-0.3, -0.25) is 0 Å². The molecule has 6 rings (SSSR count). The normalized spacial score (nSPS) is 17.0. The van der Waals surface area contributed by atoms with Crippen molar-refractivity contribution >= 4 is 17.1 Å². The molecule has 2 amide bonds. The maximum atomic E-state index is 13.6. The monoisotopic (exact) mass is 491 g/mol. The van der Waals surface area contributed by atoms with E-state index in [-0.39, 0.29) is 6.03 Å². The number of H-pyrrole nitrogens is 1. The van der Waals surface area contributed by atoms with Crippen molar-refractivity contribution < 1.29 is 9.53 Å². The minimum absolute atomic E-state index is 0.0100. The number of carbonyl (C=O) groups excluding carboxylic acids is 1. The minimum Gasteiger partial charge on any atom is -0.491 e. The Morgan fingerprint density at radius 3 is 2.54 bits per heavy atom. The Bertz CT molecular complexity index is 1500. The van der Waals surface area contributed by atoms with Gasteiger partial charge >= 0.3 is 6.03 Å². The molecule has 37 heavy (non-hydrogen) atoms. The van der Waals surface area contributed by atoms with Crippen LogP contribution < -0.4 is 4.74 Å². The lowest BCUT2D eigenvalue weighted by atomic mass is 9.74. The standard InChI is InChI=1S/C30H29N5O2/c1-21-32-26-9-7-23(18-27(26)33-21)22-8-10-28-24(17-22)19-35(15-16-37-28)29(36)34-13-11-30(20-31,12-14-34)25-5-3-2-4-6-25/h2-10,17-18H,11-16,19H2,1H3,(H,32,33). The summed E-state index contributed by atoms with van der Waals surface area (Å²) < 4.78 is 6.02. The van der Waals surface area contributed by atoms with E-state index >= 15 is 0 Å². The molecule has 7 heteroatoms. The van der Waals surface area contributed by atoms with Crippen LogP contribution in [0.1, 0.15) is 29.8 Å². The van der Waals surface area contributed by atoms with E-state index < -0.39 is 5.41 Å². The molecule has 186 valence electrons. The summed E-state index contributed by atoms with van der Waals surface area (Å²) >= 11 is 0. The van der Waals surface area contributed by atoms with Crippen molar-refractivity contribution in [3.05, 3.63) is 83.7 Å². The fourth-order valence-corrected chi connectivity index (χ4v) is 5.56. The quantitative estimate of drug-likeness (QED) is 0.406. The number of nitrogens with one attached hydrogen (secondary N) is 1. The Hall–Kier alpha value is -4.31. The third-order valence-corrected chi connectivity index (χ3v) is 7.67. The van der Waals surface area contributed by atoms with Gasteiger partial charge in [0.15, 0.2) is 0 Å². The maximum absolute atomic E-state index is 13.6. The molecule has 7 nitrogen and oxygen atoms in total. The first-order valence-corrected chi connectivity index (χ1v) is 12.8. The van der Waals surface area contributed by atoms with E-state index in [9.17, 15) is 10.1 Å². The zero-order valence-electron chi connectivity index (χ0n) is 20.9. The largest absolute Gasteiger partial charge is 0.491 e. The van der Waals surface area contributed by atoms with Crippen LogP contribution in [-0.2, 0) is 12.0 Å². The smallest absolute Gasteiger partial charge is 0.320 e. The van der Waals surface area contributed by atoms with Crippen LogP contribution in [0.2, 0.25) is 0 Å². The van der Waals surface area contributed by atoms with Gasteiger partial charge in [-0.15, -0.1) is 0 Å². The number of aryl methyl sites for hydroxylation is 1. The lowest BCUT2D eigenvalue weighted by Crippen LogP contribution is -2.50. The van der Waals surface area contributed by atoms with Crippen molar-refractivity contribution in [3.8, 4) is 22.9 Å². The molecule has 3 aromatic carbocycles. The van der Waals surface area contributed by atoms with Crippen molar-refractivity contribution in [3.63, 3.8) is 0 Å². The number of amides is 2. The van der Waals surface area contributed by atoms with Crippen molar-refractivity contribution in [1.29, 1.82) is 5.26 Å². The Morgan fingerprint density at radius 1 is 1.00 bits per heavy atom. The highest BCUT2D eigenvalue weighted by Gasteiger charge is 2.38. The summed E-state index contributed by atoms with van der Waals surface area (Å²) in [5, 5.41) is 10.0. The summed E-state index contributed by atoms with van der Waals surface area (Å²) in [6, 6.07) is 24.9. The maximum Gasteiger partial charge on any atom is 0.320 e. The number of ether oxygens (including phenoxy) is 1. The highest BCUT2D eigenvalue weighted by atomic mass is 16.5. The van der Waals surface area contributed by atoms with Gasteiger partial charge < -0.3 is 19.5 Å². The molecular formula is C30H29N5O2. The van der Waals surface area contributed by atoms with Gasteiger partial charge in [-0.1, -0.05) is 42.5 Å². The van der Waals surface area contributed by atoms with Crippen molar-refractivity contribution in [2.24, 2.45) is 0 Å². The summed E-state index contributed by atoms with van der Waals surface area (Å²) in [5.74, 6) is 1.72. The first-order chi connectivity index (χ1) is 18.0. The molecule has 2 aliphatic heterocycles. The topological polar surface area (TPSA) is 85.2 Å². The van der Waals surface area contributed by atoms with Crippen molar-refractivity contribution in [1.82, 2.24) is 19.8 Å². The van der Waals surface area contributed by atoms with E-state index in [1.807, 2.05) is 59.2 Å². The number of urea groups is 1. The van der Waals surface area contributed by atoms with Crippen molar-refractivity contribution in [2.45, 2.75) is 31.7 Å². The van der Waals surface area contributed by atoms with Gasteiger partial charge in [-0.25, -0.2) is 9.78 Å². The third-order valence-electron chi connectivity index (χ3n) is 7.67. The number of nitrogens with zero attached hydrogens (tertiary/aromatic N) is 4. The van der Waals surface area contributed by atoms with E-state index in [4.69, 9.17) is 4.74 Å². The molecule has 0 spiro atoms. The van der Waals surface area contributed by atoms with Gasteiger partial charge in [0.1, 0.15) is 18.2 Å². The summed E-state index contributed by atoms with van der Waals surface area (Å²) in [6.07, 6.45) is 1.28. The molecule has 1 saturated heterocycles. The first-order valence-electron chi connectivity index (χ1n) is 12.8. The van der Waals surface area contributed by atoms with Gasteiger partial charge in [-0.2, -0.15) is 5.26 Å². The number of carbonyl (C=O) groups is 1. The lowest BCUT2D eigenvalue weighted by Gasteiger charge is -2.39. The highest BCUT2D eigenvalue weighted by Crippen LogP contribution is 2.36. The van der Waals surface area contributed by atoms with Gasteiger partial charge in [0.05, 0.1) is 35.6 Å². The molecule has 0 bridgehead atoms. The SMILES string of the molecule is Cc1nc2ccc(-c3ccc4c(c3)CN(C(=O)N3CCC(C#N)(c5ccccc5)CC3)CCO4)cc2[nH]1. The van der Waals surface area contributed by atoms with Crippen LogP contribution in [0.3, 0.4) is 0 Å². The number of aromatic nitrogens is 2. The fourth-order valence-electron chi connectivity index (χ4n) is 5.56. The van der Waals surface area contributed by atoms with Crippen LogP contribution in [0, 0.1) is 18.3 Å². The molecule has 1 fully saturated rings. The molecule has 0 saturated carbocycles. The van der Waals surface area contributed by atoms with E-state index in [0.29, 0.717) is 45.6 Å². The van der Waals surface area contributed by atoms with Crippen LogP contribution in [-0.4, -0.2) is 52.0 Å². The number of rotatable bonds is 2. The Kier molecular flexibility index (Phi) is 5.80. The van der Waals surface area contributed by atoms with Crippen LogP contribution in [0.25, 0.3) is 22.2 Å². The second-order valence-corrected chi connectivity index (χ2v) is 9.98. The second kappa shape index (κ2) is 9.29. The third kappa shape index (κ3) is 4.29. The number of likely N-dealkylation sites (tertiary alicyclic amines) is 1. The van der Waals surface area contributed by atoms with E-state index in [1.165, 1.54) is 0 Å². The predicted octanol–water partition coefficient (Wildman–Crippen LogP) is 5.41. The Balaban J connectivity index is 1.19. The molecule has 0 atom stereocenters. The van der Waals surface area contributed by atoms with E-state index in [0.717, 1.165) is 44.9 Å². The zero-order valence-corrected chi connectivity index (χ0v) is 20.9. The number of benzene rings is 3. The highest BCUT2D eigenvalue weighted by molar-refractivity contribution is 5.82. The van der Waals surface area contributed by atoms with Crippen LogP contribution in [0.4, 0.5) is 4.79 Å². The summed E-state index contributed by atoms with van der Waals surface area (Å²) in [4.78, 5) is 25.1. The number of fused-ring (bicyclic) bond motifs is 2. The van der Waals surface area contributed by atoms with Gasteiger partial charge in [0.25, 0.3) is 0 Å². The Labute approximate surface area is 216 Å². The number of piperidine rings is 1. The average Bonchev–Trinajstić information content (AvgIpc) is 3.18. The van der Waals surface area contributed by atoms with Gasteiger partial charge in [0, 0.05) is 18.7 Å². The van der Waals surface area contributed by atoms with Crippen molar-refractivity contribution in [2.75, 3.05) is 26.2 Å². The summed E-state index contributed by atoms with van der Waals surface area (Å²) in [7, 11) is 0. The van der Waals surface area contributed by atoms with Crippen LogP contribution in [0.15, 0.2) is 66.7 Å². The fraction of sp³-hybridized carbons (Fsp3) is 0.300. The van der Waals surface area contributed by atoms with Crippen LogP contribution in [0.5, 0.6) is 5.75 Å². The molecule has 1 N–H and O–H groups in total. The van der Waals surface area contributed by atoms with Crippen LogP contribution >= 0.6 is 0 Å². The number of nitriles is 1. The Morgan fingerprint density at radius 2 is 1.76 bits per heavy atom. The molecule has 4 aromatic rings. The summed E-state index contributed by atoms with van der Waals surface area (Å²) in [6.45, 7) is 4.56. The molecule has 2 aliphatic rings. The molecule has 0 radical (unpaired) electrons. The second-order valence-electron chi connectivity index (χ2n) is 9.98. The minimum atomic E-state index is -0.532. The number of aromatic amines is 1. The van der Waals surface area contributed by atoms with E-state index in [1.54, 1.807) is 0 Å². The van der Waals surface area contributed by atoms with Gasteiger partial charge in [-0.05, 0) is 60.7 Å². The molecule has 3 heterocycles. The summed E-state index contributed by atoms with van der Waals surface area (Å²) in [5.41, 5.74) is 5.62. The molecular weight excluding hydrogens is 462 g/mol. The molecule has 1 aromatic heterocycles.